The molecule has 0 saturated heterocycles. The number of para-hydroxylation sites is 1. The number of anilines is 2. The van der Waals surface area contributed by atoms with Gasteiger partial charge in [0, 0.05) is 17.9 Å². The second-order valence-electron chi connectivity index (χ2n) is 5.48. The summed E-state index contributed by atoms with van der Waals surface area (Å²) in [5.74, 6) is -1.21. The van der Waals surface area contributed by atoms with Crippen LogP contribution in [0.1, 0.15) is 11.1 Å². The van der Waals surface area contributed by atoms with Gasteiger partial charge in [-0.2, -0.15) is 5.26 Å². The summed E-state index contributed by atoms with van der Waals surface area (Å²) in [6.07, 6.45) is 5.69. The zero-order valence-corrected chi connectivity index (χ0v) is 13.0. The highest BCUT2D eigenvalue weighted by atomic mass is 16.4. The summed E-state index contributed by atoms with van der Waals surface area (Å²) >= 11 is 0. The summed E-state index contributed by atoms with van der Waals surface area (Å²) in [6.45, 7) is 0.948. The lowest BCUT2D eigenvalue weighted by Gasteiger charge is -2.19. The van der Waals surface area contributed by atoms with Crippen LogP contribution in [0.15, 0.2) is 66.3 Å². The van der Waals surface area contributed by atoms with Crippen molar-refractivity contribution < 1.29 is 9.90 Å². The lowest BCUT2D eigenvalue weighted by molar-refractivity contribution is -0.132. The molecule has 0 spiro atoms. The van der Waals surface area contributed by atoms with Crippen LogP contribution in [0.2, 0.25) is 0 Å². The Hall–Kier alpha value is -3.32. The molecule has 0 unspecified atom stereocenters. The molecule has 0 bridgehead atoms. The minimum atomic E-state index is -1.21. The molecule has 1 aliphatic heterocycles. The molecule has 4 nitrogen and oxygen atoms in total. The van der Waals surface area contributed by atoms with Crippen LogP contribution < -0.4 is 4.90 Å². The Balaban J connectivity index is 1.81. The number of allylic oxidation sites excluding steroid dienone is 2. The van der Waals surface area contributed by atoms with Gasteiger partial charge in [0.25, 0.3) is 0 Å². The van der Waals surface area contributed by atoms with Crippen LogP contribution in [-0.4, -0.2) is 17.6 Å². The minimum absolute atomic E-state index is 0.275. The number of hydrogen-bond acceptors (Lipinski definition) is 3. The van der Waals surface area contributed by atoms with Gasteiger partial charge in [-0.1, -0.05) is 36.4 Å². The van der Waals surface area contributed by atoms with Crippen LogP contribution in [0.3, 0.4) is 0 Å². The molecule has 0 radical (unpaired) electrons. The summed E-state index contributed by atoms with van der Waals surface area (Å²) in [5.41, 5.74) is 4.37. The third-order valence-corrected chi connectivity index (χ3v) is 3.97. The van der Waals surface area contributed by atoms with E-state index >= 15 is 0 Å². The third-order valence-electron chi connectivity index (χ3n) is 3.97. The van der Waals surface area contributed by atoms with E-state index in [0.717, 1.165) is 18.5 Å². The van der Waals surface area contributed by atoms with Gasteiger partial charge in [-0.3, -0.25) is 0 Å². The maximum atomic E-state index is 10.8. The van der Waals surface area contributed by atoms with Crippen LogP contribution in [0.5, 0.6) is 0 Å². The average Bonchev–Trinajstić information content (AvgIpc) is 3.02. The Morgan fingerprint density at radius 1 is 1.21 bits per heavy atom. The number of rotatable bonds is 4. The Morgan fingerprint density at radius 3 is 2.71 bits per heavy atom. The molecule has 3 rings (SSSR count). The van der Waals surface area contributed by atoms with Crippen LogP contribution in [0.25, 0.3) is 6.08 Å². The zero-order chi connectivity index (χ0) is 16.9. The fraction of sp³-hybridized carbons (Fsp3) is 0.100. The van der Waals surface area contributed by atoms with Crippen molar-refractivity contribution in [1.29, 1.82) is 5.26 Å². The predicted molar refractivity (Wildman–Crippen MR) is 94.0 cm³/mol. The molecule has 0 fully saturated rings. The van der Waals surface area contributed by atoms with E-state index in [2.05, 4.69) is 29.2 Å². The number of fused-ring (bicyclic) bond motifs is 1. The maximum Gasteiger partial charge on any atom is 0.346 e. The average molecular weight is 316 g/mol. The second-order valence-corrected chi connectivity index (χ2v) is 5.48. The molecule has 0 amide bonds. The fourth-order valence-corrected chi connectivity index (χ4v) is 2.81. The van der Waals surface area contributed by atoms with E-state index in [-0.39, 0.29) is 5.57 Å². The van der Waals surface area contributed by atoms with Gasteiger partial charge in [-0.05, 0) is 47.9 Å². The highest BCUT2D eigenvalue weighted by molar-refractivity contribution is 5.91. The van der Waals surface area contributed by atoms with Crippen molar-refractivity contribution >= 4 is 23.4 Å². The summed E-state index contributed by atoms with van der Waals surface area (Å²) in [5, 5.41) is 17.5. The highest BCUT2D eigenvalue weighted by Crippen LogP contribution is 2.34. The lowest BCUT2D eigenvalue weighted by atomic mass is 10.1. The first-order valence-electron chi connectivity index (χ1n) is 7.66. The smallest absolute Gasteiger partial charge is 0.346 e. The summed E-state index contributed by atoms with van der Waals surface area (Å²) in [4.78, 5) is 13.1. The quantitative estimate of drug-likeness (QED) is 0.527. The van der Waals surface area contributed by atoms with Gasteiger partial charge in [-0.25, -0.2) is 4.79 Å². The molecule has 118 valence electrons. The van der Waals surface area contributed by atoms with Gasteiger partial charge in [0.05, 0.1) is 0 Å². The lowest BCUT2D eigenvalue weighted by Crippen LogP contribution is -2.12. The largest absolute Gasteiger partial charge is 0.477 e. The standard InChI is InChI=1S/C20H16N2O2/c21-14-17(20(23)24)6-4-5-15-9-10-19-16(13-15)11-12-22(19)18-7-2-1-3-8-18/h1-10,13H,11-12H2,(H,23,24)/b5-4+,17-6+. The van der Waals surface area contributed by atoms with E-state index in [4.69, 9.17) is 10.4 Å². The van der Waals surface area contributed by atoms with E-state index < -0.39 is 5.97 Å². The monoisotopic (exact) mass is 316 g/mol. The summed E-state index contributed by atoms with van der Waals surface area (Å²) in [6, 6.07) is 18.1. The highest BCUT2D eigenvalue weighted by Gasteiger charge is 2.19. The van der Waals surface area contributed by atoms with E-state index in [0.29, 0.717) is 0 Å². The molecular weight excluding hydrogens is 300 g/mol. The minimum Gasteiger partial charge on any atom is -0.477 e. The van der Waals surface area contributed by atoms with Crippen molar-refractivity contribution in [3.05, 3.63) is 77.4 Å². The van der Waals surface area contributed by atoms with Crippen LogP contribution in [0.4, 0.5) is 11.4 Å². The van der Waals surface area contributed by atoms with E-state index in [1.165, 1.54) is 23.0 Å². The first kappa shape index (κ1) is 15.6. The molecule has 0 aliphatic carbocycles. The molecule has 2 aromatic rings. The molecule has 1 N–H and O–H groups in total. The van der Waals surface area contributed by atoms with Crippen molar-refractivity contribution in [2.45, 2.75) is 6.42 Å². The van der Waals surface area contributed by atoms with Crippen LogP contribution in [0, 0.1) is 11.3 Å². The number of nitrogens with zero attached hydrogens (tertiary/aromatic N) is 2. The van der Waals surface area contributed by atoms with Crippen molar-refractivity contribution in [2.24, 2.45) is 0 Å². The molecule has 24 heavy (non-hydrogen) atoms. The Morgan fingerprint density at radius 2 is 2.00 bits per heavy atom. The molecule has 4 heteroatoms. The second kappa shape index (κ2) is 6.84. The number of aliphatic carboxylic acids is 1. The van der Waals surface area contributed by atoms with Crippen LogP contribution >= 0.6 is 0 Å². The Kier molecular flexibility index (Phi) is 4.44. The van der Waals surface area contributed by atoms with E-state index in [9.17, 15) is 4.79 Å². The Labute approximate surface area is 140 Å². The van der Waals surface area contributed by atoms with E-state index in [1.807, 2.05) is 30.3 Å². The molecule has 2 aromatic carbocycles. The van der Waals surface area contributed by atoms with Gasteiger partial charge >= 0.3 is 5.97 Å². The van der Waals surface area contributed by atoms with Gasteiger partial charge in [0.15, 0.2) is 0 Å². The van der Waals surface area contributed by atoms with Gasteiger partial charge in [-0.15, -0.1) is 0 Å². The first-order valence-corrected chi connectivity index (χ1v) is 7.66. The number of nitriles is 1. The number of benzene rings is 2. The summed E-state index contributed by atoms with van der Waals surface area (Å²) < 4.78 is 0. The van der Waals surface area contributed by atoms with Crippen molar-refractivity contribution in [1.82, 2.24) is 0 Å². The van der Waals surface area contributed by atoms with Crippen LogP contribution in [-0.2, 0) is 11.2 Å². The maximum absolute atomic E-state index is 10.8. The number of carboxylic acids is 1. The summed E-state index contributed by atoms with van der Waals surface area (Å²) in [7, 11) is 0. The van der Waals surface area contributed by atoms with Crippen molar-refractivity contribution in [2.75, 3.05) is 11.4 Å². The number of carboxylic acid groups (broad SMARTS) is 1. The van der Waals surface area contributed by atoms with Gasteiger partial charge in [0.2, 0.25) is 0 Å². The molecule has 0 saturated carbocycles. The first-order chi connectivity index (χ1) is 11.7. The normalized spacial score (nSPS) is 13.8. The molecule has 1 aliphatic rings. The predicted octanol–water partition coefficient (Wildman–Crippen LogP) is 3.93. The zero-order valence-electron chi connectivity index (χ0n) is 13.0. The third kappa shape index (κ3) is 3.21. The fourth-order valence-electron chi connectivity index (χ4n) is 2.81. The van der Waals surface area contributed by atoms with Crippen molar-refractivity contribution in [3.63, 3.8) is 0 Å². The molecule has 1 heterocycles. The topological polar surface area (TPSA) is 64.3 Å². The molecule has 0 aromatic heterocycles. The molecule has 0 atom stereocenters. The van der Waals surface area contributed by atoms with E-state index in [1.54, 1.807) is 12.1 Å². The molecular formula is C20H16N2O2. The number of carbonyl (C=O) groups is 1. The van der Waals surface area contributed by atoms with Crippen molar-refractivity contribution in [3.8, 4) is 6.07 Å². The SMILES string of the molecule is N#C/C(=C\C=C\c1ccc2c(c1)CCN2c1ccccc1)C(=O)O. The number of hydrogen-bond donors (Lipinski definition) is 1. The van der Waals surface area contributed by atoms with Gasteiger partial charge < -0.3 is 10.0 Å². The Bertz CT molecular complexity index is 861. The van der Waals surface area contributed by atoms with Gasteiger partial charge in [0.1, 0.15) is 11.6 Å².